The second-order valence-corrected chi connectivity index (χ2v) is 8.28. The molecule has 0 aliphatic heterocycles. The monoisotopic (exact) mass is 422 g/mol. The molecule has 28 heavy (non-hydrogen) atoms. The van der Waals surface area contributed by atoms with E-state index in [0.29, 0.717) is 12.1 Å². The number of imidazole rings is 1. The van der Waals surface area contributed by atoms with E-state index in [0.717, 1.165) is 41.0 Å². The van der Waals surface area contributed by atoms with Gasteiger partial charge in [0, 0.05) is 6.42 Å². The number of H-pyrrole nitrogens is 1. The number of rotatable bonds is 6. The van der Waals surface area contributed by atoms with Gasteiger partial charge in [-0.15, -0.1) is 0 Å². The molecule has 10 heteroatoms. The number of carbonyl (C=O) groups is 1. The van der Waals surface area contributed by atoms with Crippen LogP contribution in [0.1, 0.15) is 35.6 Å². The normalized spacial score (nSPS) is 11.7. The number of phenols is 1. The van der Waals surface area contributed by atoms with Crippen LogP contribution in [0, 0.1) is 0 Å². The summed E-state index contributed by atoms with van der Waals surface area (Å²) in [5.41, 5.74) is 7.53. The van der Waals surface area contributed by atoms with Crippen molar-refractivity contribution >= 4 is 44.3 Å². The van der Waals surface area contributed by atoms with Crippen molar-refractivity contribution in [1.29, 1.82) is 0 Å². The molecular weight excluding hydrogens is 404 g/mol. The fourth-order valence-corrected chi connectivity index (χ4v) is 4.24. The summed E-state index contributed by atoms with van der Waals surface area (Å²) in [5.74, 6) is -0.746. The Morgan fingerprint density at radius 3 is 2.57 bits per heavy atom. The zero-order valence-electron chi connectivity index (χ0n) is 15.2. The number of sulfonamides is 1. The maximum absolute atomic E-state index is 12.8. The molecular formula is C18H19ClN4O4S. The Bertz CT molecular complexity index is 1190. The molecule has 0 fully saturated rings. The summed E-state index contributed by atoms with van der Waals surface area (Å²) < 4.78 is 28.1. The quantitative estimate of drug-likeness (QED) is 0.483. The number of fused-ring (bicyclic) bond motifs is 1. The molecule has 0 radical (unpaired) electrons. The van der Waals surface area contributed by atoms with Gasteiger partial charge in [0.2, 0.25) is 0 Å². The largest absolute Gasteiger partial charge is 0.506 e. The van der Waals surface area contributed by atoms with E-state index in [-0.39, 0.29) is 15.5 Å². The highest BCUT2D eigenvalue weighted by Gasteiger charge is 2.22. The van der Waals surface area contributed by atoms with E-state index in [1.54, 1.807) is 12.1 Å². The lowest BCUT2D eigenvalue weighted by atomic mass is 10.1. The summed E-state index contributed by atoms with van der Waals surface area (Å²) in [4.78, 5) is 18.8. The fourth-order valence-electron chi connectivity index (χ4n) is 2.87. The molecule has 0 atom stereocenters. The highest BCUT2D eigenvalue weighted by atomic mass is 35.5. The third-order valence-electron chi connectivity index (χ3n) is 4.30. The van der Waals surface area contributed by atoms with Crippen molar-refractivity contribution in [2.24, 2.45) is 5.73 Å². The summed E-state index contributed by atoms with van der Waals surface area (Å²) in [7, 11) is -4.09. The molecule has 8 nitrogen and oxygen atoms in total. The van der Waals surface area contributed by atoms with Gasteiger partial charge in [0.25, 0.3) is 15.9 Å². The smallest absolute Gasteiger partial charge is 0.261 e. The lowest BCUT2D eigenvalue weighted by molar-refractivity contribution is 0.0997. The van der Waals surface area contributed by atoms with Crippen LogP contribution in [0.15, 0.2) is 29.2 Å². The molecule has 0 unspecified atom stereocenters. The number of anilines is 1. The third-order valence-corrected chi connectivity index (χ3v) is 5.94. The van der Waals surface area contributed by atoms with Crippen LogP contribution in [0.3, 0.4) is 0 Å². The number of aromatic hydroxyl groups is 1. The summed E-state index contributed by atoms with van der Waals surface area (Å²) in [5, 5.41) is 9.51. The number of nitrogens with two attached hydrogens (primary N) is 1. The Morgan fingerprint density at radius 1 is 1.25 bits per heavy atom. The number of aryl methyl sites for hydroxylation is 2. The molecule has 0 bridgehead atoms. The number of primary amides is 1. The van der Waals surface area contributed by atoms with Crippen molar-refractivity contribution in [2.75, 3.05) is 4.72 Å². The number of aromatic nitrogens is 2. The second-order valence-electron chi connectivity index (χ2n) is 6.19. The highest BCUT2D eigenvalue weighted by molar-refractivity contribution is 7.92. The van der Waals surface area contributed by atoms with Gasteiger partial charge in [0.15, 0.2) is 0 Å². The molecule has 0 aliphatic carbocycles. The highest BCUT2D eigenvalue weighted by Crippen LogP contribution is 2.32. The third kappa shape index (κ3) is 3.63. The summed E-state index contributed by atoms with van der Waals surface area (Å²) in [6.45, 7) is 3.92. The van der Waals surface area contributed by atoms with Crippen molar-refractivity contribution in [3.05, 3.63) is 46.2 Å². The summed E-state index contributed by atoms with van der Waals surface area (Å²) in [6.07, 6.45) is 1.39. The Labute approximate surface area is 166 Å². The maximum atomic E-state index is 12.8. The number of nitrogens with zero attached hydrogens (tertiary/aromatic N) is 1. The molecule has 0 saturated carbocycles. The van der Waals surface area contributed by atoms with Crippen LogP contribution in [0.4, 0.5) is 5.69 Å². The molecule has 0 aliphatic rings. The van der Waals surface area contributed by atoms with Crippen LogP contribution in [-0.2, 0) is 22.9 Å². The van der Waals surface area contributed by atoms with Gasteiger partial charge in [-0.25, -0.2) is 13.4 Å². The lowest BCUT2D eigenvalue weighted by Crippen LogP contribution is -2.16. The van der Waals surface area contributed by atoms with E-state index in [1.807, 2.05) is 13.8 Å². The van der Waals surface area contributed by atoms with Crippen molar-refractivity contribution in [3.8, 4) is 5.75 Å². The number of hydrogen-bond donors (Lipinski definition) is 4. The fraction of sp³-hybridized carbons (Fsp3) is 0.222. The van der Waals surface area contributed by atoms with E-state index in [1.165, 1.54) is 0 Å². The van der Waals surface area contributed by atoms with Crippen molar-refractivity contribution in [1.82, 2.24) is 9.97 Å². The maximum Gasteiger partial charge on any atom is 0.261 e. The molecule has 1 amide bonds. The SMILES string of the molecule is CCc1nc2c(CC)cc(NS(=O)(=O)c3cc(Cl)c(O)c(C(N)=O)c3)cc2[nH]1. The first-order valence-electron chi connectivity index (χ1n) is 8.52. The second kappa shape index (κ2) is 7.33. The van der Waals surface area contributed by atoms with Gasteiger partial charge in [-0.05, 0) is 36.2 Å². The van der Waals surface area contributed by atoms with E-state index in [9.17, 15) is 18.3 Å². The summed E-state index contributed by atoms with van der Waals surface area (Å²) >= 11 is 5.85. The van der Waals surface area contributed by atoms with Gasteiger partial charge < -0.3 is 15.8 Å². The predicted molar refractivity (Wildman–Crippen MR) is 107 cm³/mol. The van der Waals surface area contributed by atoms with Crippen LogP contribution in [0.2, 0.25) is 5.02 Å². The topological polar surface area (TPSA) is 138 Å². The van der Waals surface area contributed by atoms with Gasteiger partial charge in [-0.3, -0.25) is 9.52 Å². The average molecular weight is 423 g/mol. The first-order chi connectivity index (χ1) is 13.2. The van der Waals surface area contributed by atoms with E-state index >= 15 is 0 Å². The molecule has 2 aromatic carbocycles. The minimum atomic E-state index is -4.09. The van der Waals surface area contributed by atoms with E-state index in [2.05, 4.69) is 14.7 Å². The number of benzene rings is 2. The zero-order valence-corrected chi connectivity index (χ0v) is 16.8. The van der Waals surface area contributed by atoms with Gasteiger partial charge in [0.1, 0.15) is 11.6 Å². The molecule has 1 heterocycles. The summed E-state index contributed by atoms with van der Waals surface area (Å²) in [6, 6.07) is 5.39. The van der Waals surface area contributed by atoms with Crippen molar-refractivity contribution in [2.45, 2.75) is 31.6 Å². The van der Waals surface area contributed by atoms with Crippen LogP contribution >= 0.6 is 11.6 Å². The van der Waals surface area contributed by atoms with Crippen LogP contribution < -0.4 is 10.5 Å². The minimum Gasteiger partial charge on any atom is -0.506 e. The average Bonchev–Trinajstić information content (AvgIpc) is 3.05. The standard InChI is InChI=1S/C18H19ClN4O4S/c1-3-9-5-10(6-14-16(9)22-15(4-2)21-14)23-28(26,27)11-7-12(18(20)25)17(24)13(19)8-11/h5-8,23-24H,3-4H2,1-2H3,(H2,20,25)(H,21,22). The van der Waals surface area contributed by atoms with Gasteiger partial charge in [-0.2, -0.15) is 0 Å². The first kappa shape index (κ1) is 20.0. The number of nitrogens with one attached hydrogen (secondary N) is 2. The van der Waals surface area contributed by atoms with Crippen molar-refractivity contribution < 1.29 is 18.3 Å². The van der Waals surface area contributed by atoms with Crippen molar-refractivity contribution in [3.63, 3.8) is 0 Å². The van der Waals surface area contributed by atoms with Gasteiger partial charge in [-0.1, -0.05) is 25.4 Å². The number of hydrogen-bond acceptors (Lipinski definition) is 5. The van der Waals surface area contributed by atoms with Gasteiger partial charge in [0.05, 0.1) is 32.2 Å². The van der Waals surface area contributed by atoms with Crippen LogP contribution in [0.25, 0.3) is 11.0 Å². The first-order valence-corrected chi connectivity index (χ1v) is 10.4. The van der Waals surface area contributed by atoms with E-state index in [4.69, 9.17) is 17.3 Å². The molecule has 5 N–H and O–H groups in total. The molecule has 1 aromatic heterocycles. The predicted octanol–water partition coefficient (Wildman–Crippen LogP) is 2.95. The number of carbonyl (C=O) groups excluding carboxylic acids is 1. The van der Waals surface area contributed by atoms with Gasteiger partial charge >= 0.3 is 0 Å². The molecule has 3 rings (SSSR count). The number of halogens is 1. The van der Waals surface area contributed by atoms with E-state index < -0.39 is 21.7 Å². The molecule has 0 saturated heterocycles. The Hall–Kier alpha value is -2.78. The number of amides is 1. The Balaban J connectivity index is 2.06. The molecule has 148 valence electrons. The number of aromatic amines is 1. The lowest BCUT2D eigenvalue weighted by Gasteiger charge is -2.12. The molecule has 3 aromatic rings. The Kier molecular flexibility index (Phi) is 5.22. The van der Waals surface area contributed by atoms with Crippen LogP contribution in [0.5, 0.6) is 5.75 Å². The Morgan fingerprint density at radius 2 is 1.96 bits per heavy atom. The molecule has 0 spiro atoms. The minimum absolute atomic E-state index is 0.289. The zero-order chi connectivity index (χ0) is 20.6. The van der Waals surface area contributed by atoms with Crippen LogP contribution in [-0.4, -0.2) is 29.4 Å².